The van der Waals surface area contributed by atoms with Gasteiger partial charge in [0.2, 0.25) is 0 Å². The van der Waals surface area contributed by atoms with E-state index in [1.54, 1.807) is 24.3 Å². The summed E-state index contributed by atoms with van der Waals surface area (Å²) in [6, 6.07) is 8.29. The Kier molecular flexibility index (Phi) is 6.32. The molecule has 0 saturated carbocycles. The number of rotatable bonds is 7. The molecule has 162 valence electrons. The van der Waals surface area contributed by atoms with Crippen molar-refractivity contribution in [2.24, 2.45) is 0 Å². The number of aliphatic hydroxyl groups is 1. The molecule has 1 aromatic heterocycles. The third-order valence-electron chi connectivity index (χ3n) is 5.80. The van der Waals surface area contributed by atoms with Crippen molar-refractivity contribution in [2.75, 3.05) is 26.2 Å². The fourth-order valence-corrected chi connectivity index (χ4v) is 4.19. The maximum atomic E-state index is 13.5. The normalized spacial score (nSPS) is 20.2. The first-order valence-corrected chi connectivity index (χ1v) is 10.5. The highest BCUT2D eigenvalue weighted by atomic mass is 19.1. The van der Waals surface area contributed by atoms with Crippen LogP contribution in [0.4, 0.5) is 4.39 Å². The number of carbonyl (C=O) groups excluding carboxylic acids is 2. The topological polar surface area (TPSA) is 74.0 Å². The van der Waals surface area contributed by atoms with Crippen LogP contribution < -0.4 is 0 Å². The van der Waals surface area contributed by atoms with Crippen LogP contribution in [0.1, 0.15) is 36.6 Å². The number of amides is 1. The van der Waals surface area contributed by atoms with Crippen molar-refractivity contribution in [1.29, 1.82) is 0 Å². The number of benzene rings is 1. The van der Waals surface area contributed by atoms with E-state index in [1.807, 2.05) is 0 Å². The molecule has 3 heterocycles. The second-order valence-electron chi connectivity index (χ2n) is 7.83. The Bertz CT molecular complexity index is 989. The van der Waals surface area contributed by atoms with Crippen molar-refractivity contribution in [2.45, 2.75) is 25.3 Å². The third kappa shape index (κ3) is 4.61. The zero-order chi connectivity index (χ0) is 21.8. The molecule has 6 nitrogen and oxygen atoms in total. The number of ketones is 1. The molecule has 31 heavy (non-hydrogen) atoms. The lowest BCUT2D eigenvalue weighted by Gasteiger charge is -2.31. The molecule has 1 aromatic carbocycles. The number of hydrogen-bond donors (Lipinski definition) is 1. The predicted molar refractivity (Wildman–Crippen MR) is 114 cm³/mol. The van der Waals surface area contributed by atoms with Crippen molar-refractivity contribution < 1.29 is 23.5 Å². The van der Waals surface area contributed by atoms with Crippen molar-refractivity contribution >= 4 is 17.8 Å². The van der Waals surface area contributed by atoms with Gasteiger partial charge in [-0.05, 0) is 67.9 Å². The molecule has 2 aromatic rings. The van der Waals surface area contributed by atoms with Crippen LogP contribution >= 0.6 is 0 Å². The van der Waals surface area contributed by atoms with Crippen LogP contribution in [-0.2, 0) is 9.59 Å². The summed E-state index contributed by atoms with van der Waals surface area (Å²) in [4.78, 5) is 29.7. The van der Waals surface area contributed by atoms with Gasteiger partial charge < -0.3 is 19.3 Å². The highest BCUT2D eigenvalue weighted by Crippen LogP contribution is 2.38. The molecule has 7 heteroatoms. The lowest BCUT2D eigenvalue weighted by Crippen LogP contribution is -2.40. The average Bonchev–Trinajstić information content (AvgIpc) is 3.39. The maximum Gasteiger partial charge on any atom is 0.290 e. The first kappa shape index (κ1) is 21.1. The zero-order valence-electron chi connectivity index (χ0n) is 17.2. The first-order valence-electron chi connectivity index (χ1n) is 10.5. The van der Waals surface area contributed by atoms with E-state index in [4.69, 9.17) is 4.42 Å². The van der Waals surface area contributed by atoms with E-state index in [-0.39, 0.29) is 5.57 Å². The summed E-state index contributed by atoms with van der Waals surface area (Å²) in [6.45, 7) is 2.96. The minimum atomic E-state index is -0.772. The third-order valence-corrected chi connectivity index (χ3v) is 5.80. The van der Waals surface area contributed by atoms with Gasteiger partial charge in [0.25, 0.3) is 5.91 Å². The minimum Gasteiger partial charge on any atom is -0.503 e. The molecule has 1 atom stereocenters. The highest BCUT2D eigenvalue weighted by molar-refractivity contribution is 6.14. The van der Waals surface area contributed by atoms with E-state index in [0.717, 1.165) is 25.9 Å². The Hall–Kier alpha value is -3.19. The Morgan fingerprint density at radius 1 is 1.13 bits per heavy atom. The second kappa shape index (κ2) is 9.31. The molecule has 1 unspecified atom stereocenters. The first-order chi connectivity index (χ1) is 15.0. The summed E-state index contributed by atoms with van der Waals surface area (Å²) >= 11 is 0. The Morgan fingerprint density at radius 3 is 2.55 bits per heavy atom. The van der Waals surface area contributed by atoms with Gasteiger partial charge in [0, 0.05) is 13.1 Å². The SMILES string of the molecule is O=C(/C=C/c1ccco1)C1=C(O)C(=O)N(CCN2CCCCC2)C1c1ccc(F)cc1. The predicted octanol–water partition coefficient (Wildman–Crippen LogP) is 3.88. The Labute approximate surface area is 180 Å². The Balaban J connectivity index is 1.61. The van der Waals surface area contributed by atoms with E-state index in [9.17, 15) is 19.1 Å². The molecule has 1 N–H and O–H groups in total. The molecule has 1 amide bonds. The average molecular weight is 424 g/mol. The molecule has 1 fully saturated rings. The van der Waals surface area contributed by atoms with Crippen molar-refractivity contribution in [3.8, 4) is 0 Å². The van der Waals surface area contributed by atoms with Crippen LogP contribution in [-0.4, -0.2) is 52.8 Å². The highest BCUT2D eigenvalue weighted by Gasteiger charge is 2.42. The van der Waals surface area contributed by atoms with Crippen LogP contribution in [0.15, 0.2) is 64.5 Å². The van der Waals surface area contributed by atoms with Gasteiger partial charge in [0.1, 0.15) is 11.6 Å². The van der Waals surface area contributed by atoms with Gasteiger partial charge in [-0.2, -0.15) is 0 Å². The van der Waals surface area contributed by atoms with Gasteiger partial charge >= 0.3 is 0 Å². The summed E-state index contributed by atoms with van der Waals surface area (Å²) in [5.74, 6) is -1.55. The van der Waals surface area contributed by atoms with Crippen LogP contribution in [0.3, 0.4) is 0 Å². The summed E-state index contributed by atoms with van der Waals surface area (Å²) in [5.41, 5.74) is 0.574. The molecule has 0 aliphatic carbocycles. The smallest absolute Gasteiger partial charge is 0.290 e. The molecular formula is C24H25FN2O4. The maximum absolute atomic E-state index is 13.5. The van der Waals surface area contributed by atoms with Crippen LogP contribution in [0, 0.1) is 5.82 Å². The summed E-state index contributed by atoms with van der Waals surface area (Å²) in [6.07, 6.45) is 7.72. The molecule has 1 saturated heterocycles. The van der Waals surface area contributed by atoms with E-state index in [1.165, 1.54) is 41.9 Å². The lowest BCUT2D eigenvalue weighted by atomic mass is 9.95. The standard InChI is InChI=1S/C24H25FN2O4/c25-18-8-6-17(7-9-18)22-21(20(28)11-10-19-5-4-16-31-19)23(29)24(30)27(22)15-14-26-12-2-1-3-13-26/h4-11,16,22,29H,1-3,12-15H2/b11-10+. The van der Waals surface area contributed by atoms with Gasteiger partial charge in [0.05, 0.1) is 17.9 Å². The summed E-state index contributed by atoms with van der Waals surface area (Å²) in [7, 11) is 0. The largest absolute Gasteiger partial charge is 0.503 e. The van der Waals surface area contributed by atoms with E-state index in [2.05, 4.69) is 4.90 Å². The number of carbonyl (C=O) groups is 2. The number of allylic oxidation sites excluding steroid dienone is 1. The van der Waals surface area contributed by atoms with E-state index in [0.29, 0.717) is 24.4 Å². The molecule has 4 rings (SSSR count). The van der Waals surface area contributed by atoms with Gasteiger partial charge in [-0.25, -0.2) is 4.39 Å². The van der Waals surface area contributed by atoms with E-state index < -0.39 is 29.3 Å². The van der Waals surface area contributed by atoms with Crippen LogP contribution in [0.25, 0.3) is 6.08 Å². The minimum absolute atomic E-state index is 0.00180. The number of piperidine rings is 1. The van der Waals surface area contributed by atoms with Crippen molar-refractivity contribution in [3.05, 3.63) is 77.2 Å². The van der Waals surface area contributed by atoms with Crippen LogP contribution in [0.5, 0.6) is 0 Å². The Morgan fingerprint density at radius 2 is 1.87 bits per heavy atom. The van der Waals surface area contributed by atoms with Gasteiger partial charge in [-0.15, -0.1) is 0 Å². The van der Waals surface area contributed by atoms with Gasteiger partial charge in [-0.3, -0.25) is 9.59 Å². The fourth-order valence-electron chi connectivity index (χ4n) is 4.19. The zero-order valence-corrected chi connectivity index (χ0v) is 17.2. The fraction of sp³-hybridized carbons (Fsp3) is 0.333. The second-order valence-corrected chi connectivity index (χ2v) is 7.83. The number of halogens is 1. The molecular weight excluding hydrogens is 399 g/mol. The van der Waals surface area contributed by atoms with Crippen molar-refractivity contribution in [1.82, 2.24) is 9.80 Å². The molecule has 0 spiro atoms. The van der Waals surface area contributed by atoms with Crippen LogP contribution in [0.2, 0.25) is 0 Å². The van der Waals surface area contributed by atoms with E-state index >= 15 is 0 Å². The number of nitrogens with zero attached hydrogens (tertiary/aromatic N) is 2. The molecule has 2 aliphatic rings. The summed E-state index contributed by atoms with van der Waals surface area (Å²) < 4.78 is 18.7. The number of hydrogen-bond acceptors (Lipinski definition) is 5. The number of likely N-dealkylation sites (tertiary alicyclic amines) is 1. The number of aliphatic hydroxyl groups excluding tert-OH is 1. The van der Waals surface area contributed by atoms with Crippen molar-refractivity contribution in [3.63, 3.8) is 0 Å². The summed E-state index contributed by atoms with van der Waals surface area (Å²) in [5, 5.41) is 10.6. The van der Waals surface area contributed by atoms with Gasteiger partial charge in [-0.1, -0.05) is 18.6 Å². The molecule has 2 aliphatic heterocycles. The van der Waals surface area contributed by atoms with Gasteiger partial charge in [0.15, 0.2) is 11.5 Å². The lowest BCUT2D eigenvalue weighted by molar-refractivity contribution is -0.129. The quantitative estimate of drug-likeness (QED) is 0.683. The molecule has 0 bridgehead atoms. The monoisotopic (exact) mass is 424 g/mol. The number of furan rings is 1. The molecule has 0 radical (unpaired) electrons.